The van der Waals surface area contributed by atoms with Crippen molar-refractivity contribution in [3.8, 4) is 0 Å². The van der Waals surface area contributed by atoms with E-state index in [4.69, 9.17) is 23.2 Å². The first-order chi connectivity index (χ1) is 19.2. The Kier molecular flexibility index (Phi) is 7.64. The van der Waals surface area contributed by atoms with E-state index in [-0.39, 0.29) is 22.9 Å². The van der Waals surface area contributed by atoms with Crippen molar-refractivity contribution >= 4 is 52.5 Å². The molecule has 2 aliphatic carbocycles. The fourth-order valence-corrected chi connectivity index (χ4v) is 9.37. The van der Waals surface area contributed by atoms with Crippen molar-refractivity contribution in [3.63, 3.8) is 0 Å². The van der Waals surface area contributed by atoms with Crippen LogP contribution in [0.25, 0.3) is 0 Å². The van der Waals surface area contributed by atoms with E-state index >= 15 is 4.39 Å². The number of halogens is 3. The van der Waals surface area contributed by atoms with Gasteiger partial charge in [-0.25, -0.2) is 4.39 Å². The second kappa shape index (κ2) is 10.8. The van der Waals surface area contributed by atoms with Crippen molar-refractivity contribution in [2.75, 3.05) is 18.6 Å². The number of thioether (sulfide) groups is 1. The predicted molar refractivity (Wildman–Crippen MR) is 161 cm³/mol. The van der Waals surface area contributed by atoms with E-state index in [0.29, 0.717) is 34.4 Å². The van der Waals surface area contributed by atoms with Gasteiger partial charge in [-0.05, 0) is 74.1 Å². The van der Waals surface area contributed by atoms with Crippen molar-refractivity contribution in [2.45, 2.75) is 92.0 Å². The molecule has 0 bridgehead atoms. The maximum Gasteiger partial charge on any atom is 0.240 e. The van der Waals surface area contributed by atoms with Gasteiger partial charge in [0.1, 0.15) is 11.2 Å². The molecule has 2 amide bonds. The van der Waals surface area contributed by atoms with Gasteiger partial charge in [0, 0.05) is 40.5 Å². The molecule has 0 aromatic heterocycles. The predicted octanol–water partition coefficient (Wildman–Crippen LogP) is 6.91. The number of amides is 2. The summed E-state index contributed by atoms with van der Waals surface area (Å²) in [5, 5.41) is 7.98. The third-order valence-electron chi connectivity index (χ3n) is 10.2. The third-order valence-corrected chi connectivity index (χ3v) is 11.8. The molecule has 4 aliphatic rings. The van der Waals surface area contributed by atoms with Gasteiger partial charge in [0.15, 0.2) is 0 Å². The number of anilines is 1. The first-order valence-electron chi connectivity index (χ1n) is 14.4. The minimum atomic E-state index is -1.20. The number of fused-ring (bicyclic) bond motifs is 3. The minimum absolute atomic E-state index is 0.0121. The third kappa shape index (κ3) is 4.21. The highest BCUT2D eigenvalue weighted by Crippen LogP contribution is 2.63. The summed E-state index contributed by atoms with van der Waals surface area (Å²) in [5.41, 5.74) is -0.201. The lowest BCUT2D eigenvalue weighted by atomic mass is 9.55. The van der Waals surface area contributed by atoms with Gasteiger partial charge >= 0.3 is 0 Å². The van der Waals surface area contributed by atoms with Crippen LogP contribution in [-0.4, -0.2) is 52.9 Å². The van der Waals surface area contributed by atoms with Crippen LogP contribution < -0.4 is 10.6 Å². The number of rotatable bonds is 4. The molecule has 2 aliphatic heterocycles. The van der Waals surface area contributed by atoms with Crippen LogP contribution in [0.1, 0.15) is 74.8 Å². The first kappa shape index (κ1) is 28.3. The van der Waals surface area contributed by atoms with E-state index in [1.165, 1.54) is 6.07 Å². The molecule has 40 heavy (non-hydrogen) atoms. The molecule has 3 atom stereocenters. The topological polar surface area (TPSA) is 61.4 Å². The summed E-state index contributed by atoms with van der Waals surface area (Å²) in [6, 6.07) is 9.69. The number of likely N-dealkylation sites (N-methyl/N-ethyl adjacent to an activating group) is 1. The highest BCUT2D eigenvalue weighted by atomic mass is 35.5. The molecule has 214 valence electrons. The number of nitrogens with one attached hydrogen (secondary N) is 2. The number of hydrogen-bond acceptors (Lipinski definition) is 4. The SMILES string of the molecule is CSC1CCC(N(C)C(=O)[C@@H]2NC3(CCCCC3)[C@@]3(C(=O)Nc4cc(Cl)ccc43)[C@H]2c2cccc(Cl)c2F)CC1. The Morgan fingerprint density at radius 3 is 2.50 bits per heavy atom. The lowest BCUT2D eigenvalue weighted by Crippen LogP contribution is -2.60. The van der Waals surface area contributed by atoms with E-state index in [1.54, 1.807) is 24.3 Å². The number of carbonyl (C=O) groups excluding carboxylic acids is 2. The second-order valence-electron chi connectivity index (χ2n) is 12.0. The summed E-state index contributed by atoms with van der Waals surface area (Å²) in [4.78, 5) is 30.9. The highest BCUT2D eigenvalue weighted by Gasteiger charge is 2.72. The summed E-state index contributed by atoms with van der Waals surface area (Å²) in [7, 11) is 1.88. The maximum absolute atomic E-state index is 16.0. The quantitative estimate of drug-likeness (QED) is 0.398. The zero-order valence-electron chi connectivity index (χ0n) is 22.9. The number of nitrogens with zero attached hydrogens (tertiary/aromatic N) is 1. The molecule has 6 rings (SSSR count). The molecule has 3 fully saturated rings. The smallest absolute Gasteiger partial charge is 0.240 e. The van der Waals surface area contributed by atoms with E-state index < -0.39 is 28.7 Å². The fourth-order valence-electron chi connectivity index (χ4n) is 8.27. The Morgan fingerprint density at radius 2 is 1.80 bits per heavy atom. The summed E-state index contributed by atoms with van der Waals surface area (Å²) < 4.78 is 16.0. The number of benzene rings is 2. The van der Waals surface area contributed by atoms with Crippen LogP contribution in [0.5, 0.6) is 0 Å². The summed E-state index contributed by atoms with van der Waals surface area (Å²) in [5.74, 6) is -1.65. The Hall–Kier alpha value is -1.80. The molecule has 0 unspecified atom stereocenters. The van der Waals surface area contributed by atoms with Gasteiger partial charge in [-0.15, -0.1) is 0 Å². The second-order valence-corrected chi connectivity index (χ2v) is 13.9. The van der Waals surface area contributed by atoms with Crippen LogP contribution >= 0.6 is 35.0 Å². The van der Waals surface area contributed by atoms with Gasteiger partial charge in [0.05, 0.1) is 11.1 Å². The van der Waals surface area contributed by atoms with Crippen LogP contribution in [0.4, 0.5) is 10.1 Å². The average molecular weight is 605 g/mol. The molecule has 0 radical (unpaired) electrons. The van der Waals surface area contributed by atoms with E-state index in [0.717, 1.165) is 50.5 Å². The fraction of sp³-hybridized carbons (Fsp3) is 0.548. The average Bonchev–Trinajstić information content (AvgIpc) is 3.41. The Labute approximate surface area is 249 Å². The van der Waals surface area contributed by atoms with Crippen LogP contribution in [0.3, 0.4) is 0 Å². The van der Waals surface area contributed by atoms with Crippen molar-refractivity contribution in [1.29, 1.82) is 0 Å². The van der Waals surface area contributed by atoms with Gasteiger partial charge < -0.3 is 10.2 Å². The molecule has 5 nitrogen and oxygen atoms in total. The molecule has 2 heterocycles. The highest BCUT2D eigenvalue weighted by molar-refractivity contribution is 7.99. The van der Waals surface area contributed by atoms with Crippen LogP contribution in [-0.2, 0) is 15.0 Å². The minimum Gasteiger partial charge on any atom is -0.341 e. The van der Waals surface area contributed by atoms with Gasteiger partial charge in [-0.1, -0.05) is 60.7 Å². The van der Waals surface area contributed by atoms with Crippen molar-refractivity contribution < 1.29 is 14.0 Å². The number of carbonyl (C=O) groups is 2. The van der Waals surface area contributed by atoms with Crippen LogP contribution in [0.15, 0.2) is 36.4 Å². The summed E-state index contributed by atoms with van der Waals surface area (Å²) in [6.45, 7) is 0. The monoisotopic (exact) mass is 603 g/mol. The van der Waals surface area contributed by atoms with E-state index in [1.807, 2.05) is 29.8 Å². The molecule has 1 saturated heterocycles. The van der Waals surface area contributed by atoms with Gasteiger partial charge in [0.25, 0.3) is 0 Å². The lowest BCUT2D eigenvalue weighted by molar-refractivity contribution is -0.135. The molecule has 2 spiro atoms. The molecular formula is C31H36Cl2FN3O2S. The molecule has 2 N–H and O–H groups in total. The summed E-state index contributed by atoms with van der Waals surface area (Å²) >= 11 is 14.6. The molecule has 2 saturated carbocycles. The van der Waals surface area contributed by atoms with Crippen LogP contribution in [0.2, 0.25) is 10.0 Å². The summed E-state index contributed by atoms with van der Waals surface area (Å²) in [6.07, 6.45) is 10.5. The Morgan fingerprint density at radius 1 is 1.07 bits per heavy atom. The molecule has 2 aromatic rings. The van der Waals surface area contributed by atoms with E-state index in [9.17, 15) is 9.59 Å². The van der Waals surface area contributed by atoms with Gasteiger partial charge in [0.2, 0.25) is 11.8 Å². The van der Waals surface area contributed by atoms with Crippen molar-refractivity contribution in [3.05, 3.63) is 63.4 Å². The molecule has 2 aromatic carbocycles. The zero-order valence-corrected chi connectivity index (χ0v) is 25.3. The van der Waals surface area contributed by atoms with Crippen LogP contribution in [0, 0.1) is 5.82 Å². The van der Waals surface area contributed by atoms with E-state index in [2.05, 4.69) is 16.9 Å². The standard InChI is InChI=1S/C31H36Cl2FN3O2S/c1-37(19-10-12-20(40-2)13-11-19)28(38)27-25(21-7-6-8-23(33)26(21)34)31(30(36-27)15-4-3-5-16-30)22-14-9-18(32)17-24(22)35-29(31)39/h6-9,14,17,19-20,25,27,36H,3-5,10-13,15-16H2,1-2H3,(H,35,39)/t19?,20?,25-,27+,31+/m0/s1. The zero-order chi connectivity index (χ0) is 28.2. The Bertz CT molecular complexity index is 1330. The number of hydrogen-bond donors (Lipinski definition) is 2. The van der Waals surface area contributed by atoms with Gasteiger partial charge in [-0.2, -0.15) is 11.8 Å². The Balaban J connectivity index is 1.52. The first-order valence-corrected chi connectivity index (χ1v) is 16.4. The van der Waals surface area contributed by atoms with Crippen molar-refractivity contribution in [2.24, 2.45) is 0 Å². The van der Waals surface area contributed by atoms with Crippen molar-refractivity contribution in [1.82, 2.24) is 10.2 Å². The maximum atomic E-state index is 16.0. The lowest BCUT2D eigenvalue weighted by Gasteiger charge is -2.47. The normalized spacial score (nSPS) is 30.9. The molecular weight excluding hydrogens is 568 g/mol. The molecule has 9 heteroatoms. The largest absolute Gasteiger partial charge is 0.341 e. The van der Waals surface area contributed by atoms with Gasteiger partial charge in [-0.3, -0.25) is 14.9 Å².